The van der Waals surface area contributed by atoms with Gasteiger partial charge in [-0.3, -0.25) is 0 Å². The molecule has 3 nitrogen and oxygen atoms in total. The van der Waals surface area contributed by atoms with Crippen LogP contribution >= 0.6 is 0 Å². The zero-order chi connectivity index (χ0) is 16.2. The van der Waals surface area contributed by atoms with Crippen molar-refractivity contribution in [1.82, 2.24) is 0 Å². The van der Waals surface area contributed by atoms with Crippen LogP contribution in [0.2, 0.25) is 0 Å². The largest absolute Gasteiger partial charge is 0.490 e. The maximum Gasteiger partial charge on any atom is 0.331 e. The minimum Gasteiger partial charge on any atom is -0.490 e. The van der Waals surface area contributed by atoms with Gasteiger partial charge in [0.2, 0.25) is 0 Å². The molecule has 3 fully saturated rings. The summed E-state index contributed by atoms with van der Waals surface area (Å²) in [6.45, 7) is 9.58. The predicted molar refractivity (Wildman–Crippen MR) is 86.4 cm³/mol. The first-order valence-electron chi connectivity index (χ1n) is 8.84. The molecule has 1 aliphatic heterocycles. The fraction of sp³-hybridized carbons (Fsp3) is 0.842. The average Bonchev–Trinajstić information content (AvgIpc) is 2.80. The summed E-state index contributed by atoms with van der Waals surface area (Å²) in [6.07, 6.45) is 9.30. The number of carboxylic acids is 1. The van der Waals surface area contributed by atoms with Crippen LogP contribution in [0.1, 0.15) is 72.6 Å². The van der Waals surface area contributed by atoms with Gasteiger partial charge in [0.1, 0.15) is 11.4 Å². The lowest BCUT2D eigenvalue weighted by molar-refractivity contribution is -0.203. The molecule has 1 heterocycles. The van der Waals surface area contributed by atoms with Crippen molar-refractivity contribution in [2.45, 2.75) is 78.2 Å². The SMILES string of the molecule is CC1CCC2C(C)(C)CCCC2(C)C12CCC(=CC(=O)O)O2. The summed E-state index contributed by atoms with van der Waals surface area (Å²) in [5.41, 5.74) is 0.373. The van der Waals surface area contributed by atoms with Gasteiger partial charge in [0.15, 0.2) is 0 Å². The normalized spacial score (nSPS) is 45.5. The van der Waals surface area contributed by atoms with Crippen molar-refractivity contribution in [2.24, 2.45) is 22.7 Å². The Morgan fingerprint density at radius 1 is 1.23 bits per heavy atom. The van der Waals surface area contributed by atoms with E-state index in [0.717, 1.165) is 12.8 Å². The highest BCUT2D eigenvalue weighted by Crippen LogP contribution is 2.66. The lowest BCUT2D eigenvalue weighted by Crippen LogP contribution is -2.61. The highest BCUT2D eigenvalue weighted by molar-refractivity contribution is 5.80. The van der Waals surface area contributed by atoms with Crippen molar-refractivity contribution in [2.75, 3.05) is 0 Å². The van der Waals surface area contributed by atoms with Crippen molar-refractivity contribution in [3.63, 3.8) is 0 Å². The van der Waals surface area contributed by atoms with Gasteiger partial charge in [0.05, 0.1) is 6.08 Å². The number of carbonyl (C=O) groups is 1. The third-order valence-electron chi connectivity index (χ3n) is 7.22. The molecular weight excluding hydrogens is 276 g/mol. The van der Waals surface area contributed by atoms with E-state index >= 15 is 0 Å². The quantitative estimate of drug-likeness (QED) is 0.710. The lowest BCUT2D eigenvalue weighted by Gasteiger charge is -2.63. The number of aliphatic carboxylic acids is 1. The van der Waals surface area contributed by atoms with Crippen molar-refractivity contribution < 1.29 is 14.6 Å². The zero-order valence-electron chi connectivity index (χ0n) is 14.4. The molecule has 4 unspecified atom stereocenters. The monoisotopic (exact) mass is 306 g/mol. The first-order valence-corrected chi connectivity index (χ1v) is 8.84. The number of ether oxygens (including phenoxy) is 1. The molecule has 0 amide bonds. The molecule has 2 saturated carbocycles. The lowest BCUT2D eigenvalue weighted by atomic mass is 9.44. The van der Waals surface area contributed by atoms with Gasteiger partial charge in [-0.25, -0.2) is 4.79 Å². The average molecular weight is 306 g/mol. The Kier molecular flexibility index (Phi) is 3.61. The van der Waals surface area contributed by atoms with Gasteiger partial charge < -0.3 is 9.84 Å². The smallest absolute Gasteiger partial charge is 0.331 e. The van der Waals surface area contributed by atoms with Crippen LogP contribution in [0.5, 0.6) is 0 Å². The highest BCUT2D eigenvalue weighted by atomic mass is 16.5. The molecule has 1 spiro atoms. The fourth-order valence-corrected chi connectivity index (χ4v) is 6.18. The van der Waals surface area contributed by atoms with Gasteiger partial charge in [-0.1, -0.05) is 34.1 Å². The van der Waals surface area contributed by atoms with E-state index in [0.29, 0.717) is 23.0 Å². The van der Waals surface area contributed by atoms with E-state index in [4.69, 9.17) is 9.84 Å². The molecule has 3 heteroatoms. The molecular formula is C19H30O3. The number of fused-ring (bicyclic) bond motifs is 2. The van der Waals surface area contributed by atoms with E-state index < -0.39 is 5.97 Å². The number of hydrogen-bond acceptors (Lipinski definition) is 2. The number of allylic oxidation sites excluding steroid dienone is 1. The van der Waals surface area contributed by atoms with Crippen LogP contribution in [-0.4, -0.2) is 16.7 Å². The van der Waals surface area contributed by atoms with Gasteiger partial charge in [0, 0.05) is 11.8 Å². The molecule has 0 aromatic carbocycles. The Bertz CT molecular complexity index is 507. The molecule has 22 heavy (non-hydrogen) atoms. The molecule has 1 saturated heterocycles. The van der Waals surface area contributed by atoms with E-state index in [1.807, 2.05) is 0 Å². The van der Waals surface area contributed by atoms with Crippen LogP contribution in [0.3, 0.4) is 0 Å². The van der Waals surface area contributed by atoms with Crippen LogP contribution in [-0.2, 0) is 9.53 Å². The van der Waals surface area contributed by atoms with Crippen molar-refractivity contribution in [3.8, 4) is 0 Å². The minimum absolute atomic E-state index is 0.158. The van der Waals surface area contributed by atoms with Crippen molar-refractivity contribution in [1.29, 1.82) is 0 Å². The summed E-state index contributed by atoms with van der Waals surface area (Å²) in [7, 11) is 0. The second-order valence-electron chi connectivity index (χ2n) is 8.73. The Morgan fingerprint density at radius 3 is 2.64 bits per heavy atom. The Morgan fingerprint density at radius 2 is 1.95 bits per heavy atom. The summed E-state index contributed by atoms with van der Waals surface area (Å²) in [4.78, 5) is 11.0. The molecule has 1 N–H and O–H groups in total. The third-order valence-corrected chi connectivity index (χ3v) is 7.22. The number of hydrogen-bond donors (Lipinski definition) is 1. The van der Waals surface area contributed by atoms with Crippen LogP contribution in [0.15, 0.2) is 11.8 Å². The molecule has 4 atom stereocenters. The van der Waals surface area contributed by atoms with E-state index in [2.05, 4.69) is 27.7 Å². The van der Waals surface area contributed by atoms with Crippen LogP contribution in [0.4, 0.5) is 0 Å². The van der Waals surface area contributed by atoms with Crippen LogP contribution in [0.25, 0.3) is 0 Å². The molecule has 3 aliphatic rings. The van der Waals surface area contributed by atoms with E-state index in [9.17, 15) is 4.79 Å². The van der Waals surface area contributed by atoms with Crippen molar-refractivity contribution >= 4 is 5.97 Å². The minimum atomic E-state index is -0.888. The number of carboxylic acid groups (broad SMARTS) is 1. The van der Waals surface area contributed by atoms with Crippen LogP contribution in [0, 0.1) is 22.7 Å². The topological polar surface area (TPSA) is 46.5 Å². The standard InChI is InChI=1S/C19H30O3/c1-13-6-7-15-17(2,3)9-5-10-18(15,4)19(13)11-8-14(22-19)12-16(20)21/h12-13,15H,5-11H2,1-4H3,(H,20,21). The Hall–Kier alpha value is -0.990. The Balaban J connectivity index is 2.00. The summed E-state index contributed by atoms with van der Waals surface area (Å²) >= 11 is 0. The van der Waals surface area contributed by atoms with Gasteiger partial charge >= 0.3 is 5.97 Å². The van der Waals surface area contributed by atoms with Crippen LogP contribution < -0.4 is 0 Å². The molecule has 0 aromatic heterocycles. The molecule has 124 valence electrons. The molecule has 3 rings (SSSR count). The summed E-state index contributed by atoms with van der Waals surface area (Å²) in [5.74, 6) is 0.974. The molecule has 2 aliphatic carbocycles. The third kappa shape index (κ3) is 2.11. The molecule has 0 radical (unpaired) electrons. The predicted octanol–water partition coefficient (Wildman–Crippen LogP) is 4.77. The summed E-state index contributed by atoms with van der Waals surface area (Å²) < 4.78 is 6.46. The summed E-state index contributed by atoms with van der Waals surface area (Å²) in [6, 6.07) is 0. The molecule has 0 aromatic rings. The highest BCUT2D eigenvalue weighted by Gasteiger charge is 2.64. The fourth-order valence-electron chi connectivity index (χ4n) is 6.18. The van der Waals surface area contributed by atoms with E-state index in [1.54, 1.807) is 0 Å². The molecule has 0 bridgehead atoms. The summed E-state index contributed by atoms with van der Waals surface area (Å²) in [5, 5.41) is 9.05. The Labute approximate surface area is 134 Å². The van der Waals surface area contributed by atoms with E-state index in [-0.39, 0.29) is 11.0 Å². The van der Waals surface area contributed by atoms with Gasteiger partial charge in [-0.05, 0) is 49.4 Å². The zero-order valence-corrected chi connectivity index (χ0v) is 14.4. The first kappa shape index (κ1) is 15.9. The maximum atomic E-state index is 11.0. The first-order chi connectivity index (χ1) is 10.2. The van der Waals surface area contributed by atoms with Crippen molar-refractivity contribution in [3.05, 3.63) is 11.8 Å². The maximum absolute atomic E-state index is 11.0. The van der Waals surface area contributed by atoms with Gasteiger partial charge in [-0.2, -0.15) is 0 Å². The number of rotatable bonds is 1. The van der Waals surface area contributed by atoms with Gasteiger partial charge in [-0.15, -0.1) is 0 Å². The van der Waals surface area contributed by atoms with E-state index in [1.165, 1.54) is 38.2 Å². The second kappa shape index (κ2) is 5.01. The second-order valence-corrected chi connectivity index (χ2v) is 8.73. The van der Waals surface area contributed by atoms with Gasteiger partial charge in [0.25, 0.3) is 0 Å².